The zero-order chi connectivity index (χ0) is 22.5. The Balaban J connectivity index is 1.28. The third-order valence-corrected chi connectivity index (χ3v) is 4.98. The molecule has 0 N–H and O–H groups in total. The van der Waals surface area contributed by atoms with E-state index in [1.54, 1.807) is 18.2 Å². The van der Waals surface area contributed by atoms with Gasteiger partial charge >= 0.3 is 11.9 Å². The van der Waals surface area contributed by atoms with Crippen LogP contribution in [0.2, 0.25) is 0 Å². The van der Waals surface area contributed by atoms with Gasteiger partial charge in [-0.15, -0.1) is 0 Å². The van der Waals surface area contributed by atoms with Crippen LogP contribution in [-0.4, -0.2) is 36.8 Å². The molecule has 0 aliphatic carbocycles. The van der Waals surface area contributed by atoms with Crippen molar-refractivity contribution in [2.75, 3.05) is 18.1 Å². The van der Waals surface area contributed by atoms with Crippen LogP contribution >= 0.6 is 0 Å². The maximum atomic E-state index is 12.4. The molecule has 1 aromatic heterocycles. The number of carbonyl (C=O) groups is 4. The molecule has 8 heteroatoms. The summed E-state index contributed by atoms with van der Waals surface area (Å²) < 4.78 is 15.3. The number of rotatable bonds is 7. The molecule has 2 heterocycles. The van der Waals surface area contributed by atoms with Gasteiger partial charge in [-0.05, 0) is 48.5 Å². The molecule has 3 aromatic rings. The highest BCUT2D eigenvalue weighted by Crippen LogP contribution is 2.25. The molecule has 1 atom stereocenters. The predicted molar refractivity (Wildman–Crippen MR) is 112 cm³/mol. The van der Waals surface area contributed by atoms with Crippen LogP contribution < -0.4 is 9.64 Å². The summed E-state index contributed by atoms with van der Waals surface area (Å²) >= 11 is 0. The first-order valence-corrected chi connectivity index (χ1v) is 9.92. The van der Waals surface area contributed by atoms with E-state index in [0.717, 1.165) is 5.69 Å². The van der Waals surface area contributed by atoms with E-state index in [1.165, 1.54) is 41.5 Å². The first kappa shape index (κ1) is 21.0. The van der Waals surface area contributed by atoms with Crippen LogP contribution in [-0.2, 0) is 14.3 Å². The van der Waals surface area contributed by atoms with Gasteiger partial charge < -0.3 is 18.8 Å². The molecule has 2 aromatic carbocycles. The average Bonchev–Trinajstić information content (AvgIpc) is 3.48. The Hall–Kier alpha value is -4.20. The molecule has 0 saturated carbocycles. The van der Waals surface area contributed by atoms with Gasteiger partial charge in [0, 0.05) is 24.2 Å². The number of amides is 1. The van der Waals surface area contributed by atoms with Crippen molar-refractivity contribution in [2.24, 2.45) is 5.92 Å². The maximum absolute atomic E-state index is 12.4. The number of furan rings is 1. The van der Waals surface area contributed by atoms with Crippen LogP contribution in [0.3, 0.4) is 0 Å². The smallest absolute Gasteiger partial charge is 0.379 e. The first-order valence-electron chi connectivity index (χ1n) is 9.92. The fourth-order valence-corrected chi connectivity index (χ4v) is 3.32. The van der Waals surface area contributed by atoms with E-state index >= 15 is 0 Å². The standard InChI is InChI=1S/C24H19NO7/c26-20(16-8-10-19(11-9-16)32-24(29)21-7-4-12-30-21)15-31-23(28)17-13-22(27)25(14-17)18-5-2-1-3-6-18/h1-12,17H,13-15H2/t17-/m1/s1. The lowest BCUT2D eigenvalue weighted by atomic mass is 10.1. The molecule has 0 unspecified atom stereocenters. The Morgan fingerprint density at radius 2 is 1.72 bits per heavy atom. The molecule has 1 saturated heterocycles. The Morgan fingerprint density at radius 3 is 2.41 bits per heavy atom. The molecule has 0 radical (unpaired) electrons. The van der Waals surface area contributed by atoms with E-state index in [-0.39, 0.29) is 30.4 Å². The fourth-order valence-electron chi connectivity index (χ4n) is 3.32. The third kappa shape index (κ3) is 4.75. The molecule has 4 rings (SSSR count). The summed E-state index contributed by atoms with van der Waals surface area (Å²) in [5.41, 5.74) is 1.01. The Morgan fingerprint density at radius 1 is 0.969 bits per heavy atom. The summed E-state index contributed by atoms with van der Waals surface area (Å²) in [6.45, 7) is -0.230. The monoisotopic (exact) mass is 433 g/mol. The maximum Gasteiger partial charge on any atom is 0.379 e. The van der Waals surface area contributed by atoms with Crippen molar-refractivity contribution >= 4 is 29.3 Å². The van der Waals surface area contributed by atoms with Crippen LogP contribution in [0.4, 0.5) is 5.69 Å². The normalized spacial score (nSPS) is 15.4. The molecule has 162 valence electrons. The van der Waals surface area contributed by atoms with E-state index in [2.05, 4.69) is 0 Å². The summed E-state index contributed by atoms with van der Waals surface area (Å²) in [7, 11) is 0. The lowest BCUT2D eigenvalue weighted by Crippen LogP contribution is -2.27. The largest absolute Gasteiger partial charge is 0.457 e. The number of Topliss-reactive ketones (excluding diaryl/α,β-unsaturated/α-hetero) is 1. The number of carbonyl (C=O) groups excluding carboxylic acids is 4. The SMILES string of the molecule is O=C(COC(=O)[C@@H]1CC(=O)N(c2ccccc2)C1)c1ccc(OC(=O)c2ccco2)cc1. The second kappa shape index (κ2) is 9.30. The molecule has 1 amide bonds. The highest BCUT2D eigenvalue weighted by atomic mass is 16.5. The van der Waals surface area contributed by atoms with E-state index < -0.39 is 30.2 Å². The second-order valence-electron chi connectivity index (χ2n) is 7.16. The van der Waals surface area contributed by atoms with Gasteiger partial charge in [0.2, 0.25) is 11.7 Å². The quantitative estimate of drug-likeness (QED) is 0.320. The zero-order valence-corrected chi connectivity index (χ0v) is 16.9. The Kier molecular flexibility index (Phi) is 6.12. The van der Waals surface area contributed by atoms with Crippen LogP contribution in [0.5, 0.6) is 5.75 Å². The van der Waals surface area contributed by atoms with Gasteiger partial charge in [-0.25, -0.2) is 4.79 Å². The number of anilines is 1. The number of esters is 2. The van der Waals surface area contributed by atoms with E-state index in [4.69, 9.17) is 13.9 Å². The van der Waals surface area contributed by atoms with Crippen molar-refractivity contribution in [3.63, 3.8) is 0 Å². The van der Waals surface area contributed by atoms with E-state index in [9.17, 15) is 19.2 Å². The van der Waals surface area contributed by atoms with Crippen molar-refractivity contribution < 1.29 is 33.1 Å². The van der Waals surface area contributed by atoms with Crippen molar-refractivity contribution in [3.05, 3.63) is 84.3 Å². The van der Waals surface area contributed by atoms with Crippen LogP contribution in [0.15, 0.2) is 77.4 Å². The molecule has 1 fully saturated rings. The summed E-state index contributed by atoms with van der Waals surface area (Å²) in [5.74, 6) is -2.14. The zero-order valence-electron chi connectivity index (χ0n) is 16.9. The number of ketones is 1. The topological polar surface area (TPSA) is 103 Å². The van der Waals surface area contributed by atoms with Crippen molar-refractivity contribution in [1.29, 1.82) is 0 Å². The minimum Gasteiger partial charge on any atom is -0.457 e. The average molecular weight is 433 g/mol. The first-order chi connectivity index (χ1) is 15.5. The number of ether oxygens (including phenoxy) is 2. The van der Waals surface area contributed by atoms with Gasteiger partial charge in [0.25, 0.3) is 0 Å². The van der Waals surface area contributed by atoms with E-state index in [1.807, 2.05) is 18.2 Å². The molecule has 8 nitrogen and oxygen atoms in total. The molecule has 0 spiro atoms. The molecule has 32 heavy (non-hydrogen) atoms. The molecular formula is C24H19NO7. The summed E-state index contributed by atoms with van der Waals surface area (Å²) in [6.07, 6.45) is 1.40. The molecule has 1 aliphatic heterocycles. The number of benzene rings is 2. The third-order valence-electron chi connectivity index (χ3n) is 4.98. The lowest BCUT2D eigenvalue weighted by Gasteiger charge is -2.16. The van der Waals surface area contributed by atoms with Crippen molar-refractivity contribution in [3.8, 4) is 5.75 Å². The second-order valence-corrected chi connectivity index (χ2v) is 7.16. The van der Waals surface area contributed by atoms with Gasteiger partial charge in [-0.3, -0.25) is 14.4 Å². The molecule has 0 bridgehead atoms. The molecule has 1 aliphatic rings. The van der Waals surface area contributed by atoms with Gasteiger partial charge in [0.15, 0.2) is 12.4 Å². The van der Waals surface area contributed by atoms with Crippen molar-refractivity contribution in [1.82, 2.24) is 0 Å². The number of para-hydroxylation sites is 1. The van der Waals surface area contributed by atoms with Crippen LogP contribution in [0.25, 0.3) is 0 Å². The number of hydrogen-bond donors (Lipinski definition) is 0. The van der Waals surface area contributed by atoms with Crippen molar-refractivity contribution in [2.45, 2.75) is 6.42 Å². The summed E-state index contributed by atoms with van der Waals surface area (Å²) in [5, 5.41) is 0. The minimum absolute atomic E-state index is 0.0393. The number of nitrogens with zero attached hydrogens (tertiary/aromatic N) is 1. The van der Waals surface area contributed by atoms with Gasteiger partial charge in [0.1, 0.15) is 5.75 Å². The van der Waals surface area contributed by atoms with Crippen LogP contribution in [0.1, 0.15) is 27.3 Å². The highest BCUT2D eigenvalue weighted by Gasteiger charge is 2.36. The van der Waals surface area contributed by atoms with Crippen LogP contribution in [0, 0.1) is 5.92 Å². The van der Waals surface area contributed by atoms with E-state index in [0.29, 0.717) is 5.56 Å². The van der Waals surface area contributed by atoms with Gasteiger partial charge in [-0.1, -0.05) is 18.2 Å². The molecular weight excluding hydrogens is 414 g/mol. The summed E-state index contributed by atoms with van der Waals surface area (Å²) in [4.78, 5) is 50.4. The van der Waals surface area contributed by atoms with Gasteiger partial charge in [0.05, 0.1) is 12.2 Å². The fraction of sp³-hybridized carbons (Fsp3) is 0.167. The minimum atomic E-state index is -0.654. The summed E-state index contributed by atoms with van der Waals surface area (Å²) in [6, 6.07) is 18.0. The predicted octanol–water partition coefficient (Wildman–Crippen LogP) is 3.28. The highest BCUT2D eigenvalue weighted by molar-refractivity contribution is 6.01. The Bertz CT molecular complexity index is 1120. The number of hydrogen-bond acceptors (Lipinski definition) is 7. The van der Waals surface area contributed by atoms with Gasteiger partial charge in [-0.2, -0.15) is 0 Å². The Labute approximate surface area is 183 Å². The lowest BCUT2D eigenvalue weighted by molar-refractivity contribution is -0.147.